The lowest BCUT2D eigenvalue weighted by Crippen LogP contribution is -2.50. The third-order valence-electron chi connectivity index (χ3n) is 3.26. The van der Waals surface area contributed by atoms with Crippen molar-refractivity contribution in [2.45, 2.75) is 50.9 Å². The van der Waals surface area contributed by atoms with E-state index in [2.05, 4.69) is 10.6 Å². The third kappa shape index (κ3) is 6.21. The molecule has 0 aromatic rings. The summed E-state index contributed by atoms with van der Waals surface area (Å²) >= 11 is 0. The monoisotopic (exact) mass is 288 g/mol. The lowest BCUT2D eigenvalue weighted by molar-refractivity contribution is -0.139. The van der Waals surface area contributed by atoms with Gasteiger partial charge in [0.15, 0.2) is 0 Å². The zero-order chi connectivity index (χ0) is 15.2. The molecule has 0 aliphatic carbocycles. The lowest BCUT2D eigenvalue weighted by Gasteiger charge is -2.35. The maximum absolute atomic E-state index is 11.8. The number of nitrogens with one attached hydrogen (secondary N) is 2. The Morgan fingerprint density at radius 1 is 1.50 bits per heavy atom. The molecule has 116 valence electrons. The summed E-state index contributed by atoms with van der Waals surface area (Å²) in [6, 6.07) is -0.237. The Balaban J connectivity index is 2.30. The van der Waals surface area contributed by atoms with Gasteiger partial charge in [0, 0.05) is 26.3 Å². The van der Waals surface area contributed by atoms with E-state index in [1.165, 1.54) is 7.11 Å². The van der Waals surface area contributed by atoms with Crippen LogP contribution in [0.2, 0.25) is 0 Å². The second kappa shape index (κ2) is 7.44. The maximum atomic E-state index is 11.8. The van der Waals surface area contributed by atoms with Gasteiger partial charge in [-0.1, -0.05) is 0 Å². The van der Waals surface area contributed by atoms with Gasteiger partial charge < -0.3 is 25.2 Å². The van der Waals surface area contributed by atoms with Crippen LogP contribution < -0.4 is 10.6 Å². The molecule has 3 N–H and O–H groups in total. The van der Waals surface area contributed by atoms with Crippen LogP contribution in [0.25, 0.3) is 0 Å². The smallest absolute Gasteiger partial charge is 0.315 e. The summed E-state index contributed by atoms with van der Waals surface area (Å²) < 4.78 is 10.6. The summed E-state index contributed by atoms with van der Waals surface area (Å²) in [4.78, 5) is 22.3. The average molecular weight is 288 g/mol. The molecule has 1 saturated heterocycles. The highest BCUT2D eigenvalue weighted by atomic mass is 16.5. The molecule has 1 rings (SSSR count). The van der Waals surface area contributed by atoms with Gasteiger partial charge in [-0.2, -0.15) is 0 Å². The highest BCUT2D eigenvalue weighted by Gasteiger charge is 2.29. The summed E-state index contributed by atoms with van der Waals surface area (Å²) in [5.74, 6) is -0.953. The van der Waals surface area contributed by atoms with Crippen LogP contribution in [0, 0.1) is 0 Å². The van der Waals surface area contributed by atoms with E-state index in [-0.39, 0.29) is 30.6 Å². The molecule has 0 spiro atoms. The second-order valence-corrected chi connectivity index (χ2v) is 5.61. The molecule has 0 radical (unpaired) electrons. The van der Waals surface area contributed by atoms with Crippen molar-refractivity contribution in [3.05, 3.63) is 0 Å². The van der Waals surface area contributed by atoms with Crippen molar-refractivity contribution in [3.8, 4) is 0 Å². The first-order chi connectivity index (χ1) is 9.32. The van der Waals surface area contributed by atoms with Crippen molar-refractivity contribution in [1.29, 1.82) is 0 Å². The van der Waals surface area contributed by atoms with E-state index in [9.17, 15) is 9.59 Å². The molecule has 1 aliphatic rings. The van der Waals surface area contributed by atoms with Gasteiger partial charge in [0.1, 0.15) is 0 Å². The Hall–Kier alpha value is -1.34. The number of amides is 2. The summed E-state index contributed by atoms with van der Waals surface area (Å²) in [5.41, 5.74) is -0.228. The Labute approximate surface area is 119 Å². The fraction of sp³-hybridized carbons (Fsp3) is 0.846. The van der Waals surface area contributed by atoms with Gasteiger partial charge in [-0.05, 0) is 26.7 Å². The van der Waals surface area contributed by atoms with Gasteiger partial charge >= 0.3 is 12.0 Å². The van der Waals surface area contributed by atoms with E-state index in [1.54, 1.807) is 0 Å². The Morgan fingerprint density at radius 2 is 2.20 bits per heavy atom. The van der Waals surface area contributed by atoms with Crippen molar-refractivity contribution < 1.29 is 24.2 Å². The molecule has 0 aromatic carbocycles. The minimum absolute atomic E-state index is 0.0687. The van der Waals surface area contributed by atoms with Crippen LogP contribution in [-0.2, 0) is 14.3 Å². The van der Waals surface area contributed by atoms with Gasteiger partial charge in [0.2, 0.25) is 0 Å². The number of carbonyl (C=O) groups is 2. The van der Waals surface area contributed by atoms with Gasteiger partial charge in [0.25, 0.3) is 0 Å². The molecule has 2 amide bonds. The highest BCUT2D eigenvalue weighted by molar-refractivity contribution is 5.74. The highest BCUT2D eigenvalue weighted by Crippen LogP contribution is 2.23. The van der Waals surface area contributed by atoms with Crippen LogP contribution in [0.3, 0.4) is 0 Å². The van der Waals surface area contributed by atoms with Crippen LogP contribution in [0.15, 0.2) is 0 Å². The average Bonchev–Trinajstić information content (AvgIpc) is 2.32. The number of urea groups is 1. The van der Waals surface area contributed by atoms with Crippen LogP contribution in [0.4, 0.5) is 4.79 Å². The molecule has 1 aliphatic heterocycles. The lowest BCUT2D eigenvalue weighted by atomic mass is 9.94. The summed E-state index contributed by atoms with van der Waals surface area (Å²) in [5, 5.41) is 14.2. The first-order valence-electron chi connectivity index (χ1n) is 6.75. The number of rotatable bonds is 6. The number of carbonyl (C=O) groups excluding carboxylic acids is 1. The van der Waals surface area contributed by atoms with Crippen LogP contribution in [-0.4, -0.2) is 55.1 Å². The molecular formula is C13H24N2O5. The van der Waals surface area contributed by atoms with Crippen LogP contribution in [0.1, 0.15) is 33.1 Å². The quantitative estimate of drug-likeness (QED) is 0.669. The number of carboxylic acids is 1. The standard InChI is InChI=1S/C13H24N2O5/c1-13(2)7-9(4-5-20-13)15-12(18)14-8-10(19-3)6-11(16)17/h9-10H,4-8H2,1-3H3,(H,16,17)(H2,14,15,18). The van der Waals surface area contributed by atoms with E-state index in [4.69, 9.17) is 14.6 Å². The fourth-order valence-corrected chi connectivity index (χ4v) is 2.23. The van der Waals surface area contributed by atoms with Gasteiger partial charge in [-0.25, -0.2) is 4.79 Å². The molecule has 1 heterocycles. The molecule has 7 heteroatoms. The Bertz CT molecular complexity index is 346. The van der Waals surface area contributed by atoms with Crippen molar-refractivity contribution in [3.63, 3.8) is 0 Å². The van der Waals surface area contributed by atoms with Crippen molar-refractivity contribution in [2.24, 2.45) is 0 Å². The zero-order valence-corrected chi connectivity index (χ0v) is 12.3. The molecular weight excluding hydrogens is 264 g/mol. The number of hydrogen-bond acceptors (Lipinski definition) is 4. The molecule has 20 heavy (non-hydrogen) atoms. The summed E-state index contributed by atoms with van der Waals surface area (Å²) in [7, 11) is 1.42. The molecule has 7 nitrogen and oxygen atoms in total. The number of methoxy groups -OCH3 is 1. The summed E-state index contributed by atoms with van der Waals surface area (Å²) in [6.45, 7) is 4.78. The molecule has 2 atom stereocenters. The molecule has 0 aromatic heterocycles. The predicted molar refractivity (Wildman–Crippen MR) is 72.6 cm³/mol. The van der Waals surface area contributed by atoms with E-state index in [0.717, 1.165) is 12.8 Å². The number of aliphatic carboxylic acids is 1. The molecule has 1 fully saturated rings. The molecule has 2 unspecified atom stereocenters. The Morgan fingerprint density at radius 3 is 2.75 bits per heavy atom. The van der Waals surface area contributed by atoms with E-state index in [0.29, 0.717) is 6.61 Å². The maximum Gasteiger partial charge on any atom is 0.315 e. The van der Waals surface area contributed by atoms with Crippen LogP contribution in [0.5, 0.6) is 0 Å². The third-order valence-corrected chi connectivity index (χ3v) is 3.26. The normalized spacial score (nSPS) is 22.9. The van der Waals surface area contributed by atoms with Gasteiger partial charge in [-0.3, -0.25) is 4.79 Å². The van der Waals surface area contributed by atoms with E-state index >= 15 is 0 Å². The first kappa shape index (κ1) is 16.7. The number of ether oxygens (including phenoxy) is 2. The van der Waals surface area contributed by atoms with Crippen molar-refractivity contribution >= 4 is 12.0 Å². The second-order valence-electron chi connectivity index (χ2n) is 5.61. The molecule has 0 bridgehead atoms. The number of carboxylic acid groups (broad SMARTS) is 1. The van der Waals surface area contributed by atoms with Crippen LogP contribution >= 0.6 is 0 Å². The van der Waals surface area contributed by atoms with Gasteiger partial charge in [0.05, 0.1) is 18.1 Å². The number of hydrogen-bond donors (Lipinski definition) is 3. The summed E-state index contributed by atoms with van der Waals surface area (Å²) in [6.07, 6.45) is 0.869. The topological polar surface area (TPSA) is 96.9 Å². The fourth-order valence-electron chi connectivity index (χ4n) is 2.23. The minimum Gasteiger partial charge on any atom is -0.481 e. The van der Waals surface area contributed by atoms with E-state index in [1.807, 2.05) is 13.8 Å². The largest absolute Gasteiger partial charge is 0.481 e. The molecule has 0 saturated carbocycles. The first-order valence-corrected chi connectivity index (χ1v) is 6.75. The van der Waals surface area contributed by atoms with Gasteiger partial charge in [-0.15, -0.1) is 0 Å². The predicted octanol–water partition coefficient (Wildman–Crippen LogP) is 0.733. The van der Waals surface area contributed by atoms with Crippen molar-refractivity contribution in [1.82, 2.24) is 10.6 Å². The SMILES string of the molecule is COC(CNC(=O)NC1CCOC(C)(C)C1)CC(=O)O. The van der Waals surface area contributed by atoms with E-state index < -0.39 is 12.1 Å². The Kier molecular flexibility index (Phi) is 6.22. The minimum atomic E-state index is -0.953. The van der Waals surface area contributed by atoms with Crippen molar-refractivity contribution in [2.75, 3.05) is 20.3 Å². The zero-order valence-electron chi connectivity index (χ0n) is 12.3.